The smallest absolute Gasteiger partial charge is 0.322 e. The van der Waals surface area contributed by atoms with E-state index in [9.17, 15) is 19.8 Å². The van der Waals surface area contributed by atoms with E-state index in [1.165, 1.54) is 13.2 Å². The Bertz CT molecular complexity index is 456. The number of hydrogen-bond acceptors (Lipinski definition) is 5. The number of phenols is 2. The summed E-state index contributed by atoms with van der Waals surface area (Å²) in [5.74, 6) is -2.97. The van der Waals surface area contributed by atoms with Crippen molar-refractivity contribution in [2.45, 2.75) is 0 Å². The van der Waals surface area contributed by atoms with Gasteiger partial charge in [-0.1, -0.05) is 0 Å². The van der Waals surface area contributed by atoms with Crippen LogP contribution in [0.3, 0.4) is 0 Å². The number of rotatable bonds is 4. The summed E-state index contributed by atoms with van der Waals surface area (Å²) >= 11 is 0. The molecule has 92 valence electrons. The topological polar surface area (TPSA) is 116 Å². The number of hydrogen-bond donors (Lipinski definition) is 4. The van der Waals surface area contributed by atoms with Crippen LogP contribution in [0.1, 0.15) is 10.4 Å². The van der Waals surface area contributed by atoms with Gasteiger partial charge in [0.25, 0.3) is 5.91 Å². The Balaban J connectivity index is 2.94. The van der Waals surface area contributed by atoms with Gasteiger partial charge in [-0.05, 0) is 12.1 Å². The maximum absolute atomic E-state index is 11.5. The third-order valence-electron chi connectivity index (χ3n) is 1.94. The van der Waals surface area contributed by atoms with Crippen LogP contribution >= 0.6 is 0 Å². The predicted molar refractivity (Wildman–Crippen MR) is 56.3 cm³/mol. The van der Waals surface area contributed by atoms with Crippen molar-refractivity contribution in [3.8, 4) is 17.2 Å². The first-order valence-corrected chi connectivity index (χ1v) is 4.55. The SMILES string of the molecule is COc1cc(C(=O)NCC(=O)O)cc(O)c1O. The van der Waals surface area contributed by atoms with E-state index in [2.05, 4.69) is 5.32 Å². The number of aromatic hydroxyl groups is 2. The molecule has 1 aromatic rings. The molecular formula is C10H11NO6. The number of benzene rings is 1. The highest BCUT2D eigenvalue weighted by Crippen LogP contribution is 2.36. The summed E-state index contributed by atoms with van der Waals surface area (Å²) in [5, 5.41) is 29.1. The number of aliphatic carboxylic acids is 1. The van der Waals surface area contributed by atoms with Gasteiger partial charge >= 0.3 is 5.97 Å². The second-order valence-corrected chi connectivity index (χ2v) is 3.12. The molecule has 0 unspecified atom stereocenters. The van der Waals surface area contributed by atoms with Crippen LogP contribution in [-0.4, -0.2) is 40.9 Å². The van der Waals surface area contributed by atoms with E-state index in [0.29, 0.717) is 0 Å². The number of carbonyl (C=O) groups is 2. The van der Waals surface area contributed by atoms with Gasteiger partial charge in [0.05, 0.1) is 7.11 Å². The van der Waals surface area contributed by atoms with Crippen molar-refractivity contribution in [1.29, 1.82) is 0 Å². The van der Waals surface area contributed by atoms with Crippen LogP contribution in [-0.2, 0) is 4.79 Å². The molecule has 1 aromatic carbocycles. The number of carboxylic acids is 1. The molecule has 0 fully saturated rings. The van der Waals surface area contributed by atoms with Crippen molar-refractivity contribution < 1.29 is 29.6 Å². The van der Waals surface area contributed by atoms with Gasteiger partial charge in [-0.3, -0.25) is 9.59 Å². The highest BCUT2D eigenvalue weighted by Gasteiger charge is 2.14. The molecule has 4 N–H and O–H groups in total. The van der Waals surface area contributed by atoms with Gasteiger partial charge in [0.15, 0.2) is 11.5 Å². The first-order valence-electron chi connectivity index (χ1n) is 4.55. The third kappa shape index (κ3) is 3.00. The Morgan fingerprint density at radius 1 is 1.35 bits per heavy atom. The van der Waals surface area contributed by atoms with E-state index < -0.39 is 29.9 Å². The molecule has 0 aromatic heterocycles. The number of carboxylic acid groups (broad SMARTS) is 1. The lowest BCUT2D eigenvalue weighted by molar-refractivity contribution is -0.135. The Hall–Kier alpha value is -2.44. The van der Waals surface area contributed by atoms with Gasteiger partial charge in [0.1, 0.15) is 6.54 Å². The van der Waals surface area contributed by atoms with Crippen molar-refractivity contribution in [1.82, 2.24) is 5.32 Å². The Morgan fingerprint density at radius 2 is 2.00 bits per heavy atom. The fourth-order valence-corrected chi connectivity index (χ4v) is 1.14. The summed E-state index contributed by atoms with van der Waals surface area (Å²) in [4.78, 5) is 21.7. The monoisotopic (exact) mass is 241 g/mol. The molecule has 0 aliphatic heterocycles. The van der Waals surface area contributed by atoms with Crippen LogP contribution in [0.25, 0.3) is 0 Å². The molecule has 1 amide bonds. The van der Waals surface area contributed by atoms with E-state index >= 15 is 0 Å². The third-order valence-corrected chi connectivity index (χ3v) is 1.94. The van der Waals surface area contributed by atoms with E-state index in [1.807, 2.05) is 0 Å². The largest absolute Gasteiger partial charge is 0.504 e. The van der Waals surface area contributed by atoms with Crippen molar-refractivity contribution in [3.63, 3.8) is 0 Å². The van der Waals surface area contributed by atoms with E-state index in [1.54, 1.807) is 0 Å². The summed E-state index contributed by atoms with van der Waals surface area (Å²) in [7, 11) is 1.26. The van der Waals surface area contributed by atoms with Crippen LogP contribution in [0.2, 0.25) is 0 Å². The van der Waals surface area contributed by atoms with Gasteiger partial charge in [0, 0.05) is 5.56 Å². The second kappa shape index (κ2) is 5.06. The average Bonchev–Trinajstić information content (AvgIpc) is 2.29. The zero-order valence-corrected chi connectivity index (χ0v) is 8.93. The second-order valence-electron chi connectivity index (χ2n) is 3.12. The van der Waals surface area contributed by atoms with Crippen molar-refractivity contribution in [3.05, 3.63) is 17.7 Å². The average molecular weight is 241 g/mol. The maximum Gasteiger partial charge on any atom is 0.322 e. The minimum atomic E-state index is -1.19. The zero-order chi connectivity index (χ0) is 13.0. The highest BCUT2D eigenvalue weighted by molar-refractivity contribution is 5.97. The predicted octanol–water partition coefficient (Wildman–Crippen LogP) is -0.0792. The summed E-state index contributed by atoms with van der Waals surface area (Å²) in [6.07, 6.45) is 0. The van der Waals surface area contributed by atoms with Crippen molar-refractivity contribution in [2.24, 2.45) is 0 Å². The molecular weight excluding hydrogens is 230 g/mol. The molecule has 0 atom stereocenters. The Kier molecular flexibility index (Phi) is 3.76. The standard InChI is InChI=1S/C10H11NO6/c1-17-7-3-5(2-6(12)9(7)15)10(16)11-4-8(13)14/h2-3,12,15H,4H2,1H3,(H,11,16)(H,13,14). The van der Waals surface area contributed by atoms with E-state index in [-0.39, 0.29) is 11.3 Å². The minimum absolute atomic E-state index is 0.0154. The molecule has 0 saturated heterocycles. The van der Waals surface area contributed by atoms with Crippen LogP contribution in [0.15, 0.2) is 12.1 Å². The van der Waals surface area contributed by atoms with Crippen molar-refractivity contribution >= 4 is 11.9 Å². The summed E-state index contributed by atoms with van der Waals surface area (Å²) < 4.78 is 4.74. The number of methoxy groups -OCH3 is 1. The molecule has 17 heavy (non-hydrogen) atoms. The molecule has 0 spiro atoms. The fraction of sp³-hybridized carbons (Fsp3) is 0.200. The number of carbonyl (C=O) groups excluding carboxylic acids is 1. The minimum Gasteiger partial charge on any atom is -0.504 e. The normalized spacial score (nSPS) is 9.71. The van der Waals surface area contributed by atoms with Crippen LogP contribution in [0.4, 0.5) is 0 Å². The van der Waals surface area contributed by atoms with E-state index in [0.717, 1.165) is 6.07 Å². The number of nitrogens with one attached hydrogen (secondary N) is 1. The lowest BCUT2D eigenvalue weighted by atomic mass is 10.1. The first kappa shape index (κ1) is 12.6. The molecule has 0 bridgehead atoms. The van der Waals surface area contributed by atoms with Crippen LogP contribution < -0.4 is 10.1 Å². The lowest BCUT2D eigenvalue weighted by Crippen LogP contribution is -2.29. The summed E-state index contributed by atoms with van der Waals surface area (Å²) in [5.41, 5.74) is -0.0154. The summed E-state index contributed by atoms with van der Waals surface area (Å²) in [6.45, 7) is -0.539. The van der Waals surface area contributed by atoms with E-state index in [4.69, 9.17) is 9.84 Å². The molecule has 1 rings (SSSR count). The molecule has 0 heterocycles. The highest BCUT2D eigenvalue weighted by atomic mass is 16.5. The van der Waals surface area contributed by atoms with Gasteiger partial charge in [-0.15, -0.1) is 0 Å². The molecule has 0 aliphatic rings. The van der Waals surface area contributed by atoms with Gasteiger partial charge in [-0.25, -0.2) is 0 Å². The van der Waals surface area contributed by atoms with Gasteiger partial charge in [0.2, 0.25) is 5.75 Å². The molecule has 7 nitrogen and oxygen atoms in total. The summed E-state index contributed by atoms with van der Waals surface area (Å²) in [6, 6.07) is 2.20. The number of phenolic OH excluding ortho intramolecular Hbond substituents is 2. The fourth-order valence-electron chi connectivity index (χ4n) is 1.14. The molecule has 7 heteroatoms. The van der Waals surface area contributed by atoms with Crippen LogP contribution in [0, 0.1) is 0 Å². The molecule has 0 radical (unpaired) electrons. The quantitative estimate of drug-likeness (QED) is 0.548. The van der Waals surface area contributed by atoms with Crippen molar-refractivity contribution in [2.75, 3.05) is 13.7 Å². The number of ether oxygens (including phenoxy) is 1. The van der Waals surface area contributed by atoms with Crippen LogP contribution in [0.5, 0.6) is 17.2 Å². The first-order chi connectivity index (χ1) is 7.95. The van der Waals surface area contributed by atoms with Gasteiger partial charge in [-0.2, -0.15) is 0 Å². The Morgan fingerprint density at radius 3 is 2.53 bits per heavy atom. The lowest BCUT2D eigenvalue weighted by Gasteiger charge is -2.08. The van der Waals surface area contributed by atoms with Gasteiger partial charge < -0.3 is 25.4 Å². The Labute approximate surface area is 96.3 Å². The molecule has 0 saturated carbocycles. The number of amides is 1. The maximum atomic E-state index is 11.5. The molecule has 0 aliphatic carbocycles. The zero-order valence-electron chi connectivity index (χ0n) is 8.93.